The third-order valence-corrected chi connectivity index (χ3v) is 2.90. The molecule has 2 rings (SSSR count). The molecule has 0 unspecified atom stereocenters. The lowest BCUT2D eigenvalue weighted by Crippen LogP contribution is -2.22. The number of fused-ring (bicyclic) bond motifs is 1. The highest BCUT2D eigenvalue weighted by atomic mass is 19.4. The van der Waals surface area contributed by atoms with E-state index in [4.69, 9.17) is 0 Å². The summed E-state index contributed by atoms with van der Waals surface area (Å²) < 4.78 is 39.0. The lowest BCUT2D eigenvalue weighted by Gasteiger charge is -2.10. The van der Waals surface area contributed by atoms with E-state index in [1.807, 2.05) is 18.4 Å². The lowest BCUT2D eigenvalue weighted by atomic mass is 10.1. The molecule has 2 aromatic rings. The van der Waals surface area contributed by atoms with Gasteiger partial charge in [-0.1, -0.05) is 0 Å². The maximum absolute atomic E-state index is 12.4. The van der Waals surface area contributed by atoms with Gasteiger partial charge < -0.3 is 4.57 Å². The van der Waals surface area contributed by atoms with Crippen molar-refractivity contribution in [3.63, 3.8) is 0 Å². The van der Waals surface area contributed by atoms with Gasteiger partial charge in [0.05, 0.1) is 11.0 Å². The van der Waals surface area contributed by atoms with Crippen LogP contribution in [-0.4, -0.2) is 21.5 Å². The smallest absolute Gasteiger partial charge is 0.326 e. The third kappa shape index (κ3) is 2.34. The van der Waals surface area contributed by atoms with E-state index in [9.17, 15) is 18.0 Å². The second-order valence-electron chi connectivity index (χ2n) is 4.65. The summed E-state index contributed by atoms with van der Waals surface area (Å²) in [5.74, 6) is -1.13. The highest BCUT2D eigenvalue weighted by Gasteiger charge is 2.39. The summed E-state index contributed by atoms with van der Waals surface area (Å²) in [6.07, 6.45) is -4.86. The monoisotopic (exact) mass is 270 g/mol. The number of hydrogen-bond acceptors (Lipinski definition) is 2. The van der Waals surface area contributed by atoms with Crippen LogP contribution in [0.1, 0.15) is 36.1 Å². The topological polar surface area (TPSA) is 34.9 Å². The van der Waals surface area contributed by atoms with Crippen molar-refractivity contribution in [2.45, 2.75) is 33.0 Å². The molecule has 0 bridgehead atoms. The molecule has 1 heterocycles. The number of carbonyl (C=O) groups is 1. The van der Waals surface area contributed by atoms with Gasteiger partial charge in [-0.15, -0.1) is 0 Å². The van der Waals surface area contributed by atoms with Crippen molar-refractivity contribution in [1.82, 2.24) is 9.55 Å². The van der Waals surface area contributed by atoms with Gasteiger partial charge in [0, 0.05) is 11.6 Å². The SMILES string of the molecule is Cc1nc2cc(C(=O)C(F)(F)F)ccc2n1C(C)C. The zero-order chi connectivity index (χ0) is 14.4. The number of rotatable bonds is 2. The largest absolute Gasteiger partial charge is 0.454 e. The number of Topliss-reactive ketones (excluding diaryl/α,β-unsaturated/α-hetero) is 1. The van der Waals surface area contributed by atoms with Crippen molar-refractivity contribution in [2.75, 3.05) is 0 Å². The summed E-state index contributed by atoms with van der Waals surface area (Å²) >= 11 is 0. The van der Waals surface area contributed by atoms with Gasteiger partial charge in [-0.2, -0.15) is 13.2 Å². The van der Waals surface area contributed by atoms with Crippen molar-refractivity contribution in [3.8, 4) is 0 Å². The average molecular weight is 270 g/mol. The second kappa shape index (κ2) is 4.36. The van der Waals surface area contributed by atoms with Gasteiger partial charge in [0.1, 0.15) is 5.82 Å². The molecule has 0 aliphatic carbocycles. The van der Waals surface area contributed by atoms with Gasteiger partial charge in [-0.05, 0) is 39.0 Å². The summed E-state index contributed by atoms with van der Waals surface area (Å²) in [6.45, 7) is 5.71. The molecule has 1 aromatic carbocycles. The highest BCUT2D eigenvalue weighted by molar-refractivity contribution is 6.02. The Balaban J connectivity index is 2.58. The summed E-state index contributed by atoms with van der Waals surface area (Å²) in [5.41, 5.74) is 0.751. The fraction of sp³-hybridized carbons (Fsp3) is 0.385. The number of halogens is 3. The van der Waals surface area contributed by atoms with Gasteiger partial charge >= 0.3 is 6.18 Å². The third-order valence-electron chi connectivity index (χ3n) is 2.90. The maximum Gasteiger partial charge on any atom is 0.454 e. The van der Waals surface area contributed by atoms with E-state index in [2.05, 4.69) is 4.98 Å². The first kappa shape index (κ1) is 13.6. The second-order valence-corrected chi connectivity index (χ2v) is 4.65. The molecular formula is C13H13F3N2O. The molecule has 0 amide bonds. The Hall–Kier alpha value is -1.85. The number of aromatic nitrogens is 2. The van der Waals surface area contributed by atoms with E-state index < -0.39 is 12.0 Å². The lowest BCUT2D eigenvalue weighted by molar-refractivity contribution is -0.0885. The van der Waals surface area contributed by atoms with E-state index >= 15 is 0 Å². The molecule has 102 valence electrons. The van der Waals surface area contributed by atoms with E-state index in [0.717, 1.165) is 5.52 Å². The van der Waals surface area contributed by atoms with Crippen LogP contribution in [0.3, 0.4) is 0 Å². The van der Waals surface area contributed by atoms with Crippen LogP contribution in [0.2, 0.25) is 0 Å². The van der Waals surface area contributed by atoms with Crippen LogP contribution in [-0.2, 0) is 0 Å². The number of aryl methyl sites for hydroxylation is 1. The average Bonchev–Trinajstić information content (AvgIpc) is 2.61. The molecule has 1 aromatic heterocycles. The number of hydrogen-bond donors (Lipinski definition) is 0. The van der Waals surface area contributed by atoms with Crippen LogP contribution in [0.4, 0.5) is 13.2 Å². The Morgan fingerprint density at radius 3 is 2.47 bits per heavy atom. The molecule has 0 saturated carbocycles. The fourth-order valence-electron chi connectivity index (χ4n) is 2.18. The van der Waals surface area contributed by atoms with Gasteiger partial charge in [-0.25, -0.2) is 4.98 Å². The molecule has 0 atom stereocenters. The van der Waals surface area contributed by atoms with Crippen molar-refractivity contribution in [2.24, 2.45) is 0 Å². The van der Waals surface area contributed by atoms with Gasteiger partial charge in [0.15, 0.2) is 0 Å². The van der Waals surface area contributed by atoms with E-state index in [1.54, 1.807) is 6.92 Å². The molecular weight excluding hydrogens is 257 g/mol. The minimum atomic E-state index is -4.86. The van der Waals surface area contributed by atoms with Crippen LogP contribution in [0.15, 0.2) is 18.2 Å². The molecule has 3 nitrogen and oxygen atoms in total. The van der Waals surface area contributed by atoms with Crippen LogP contribution < -0.4 is 0 Å². The summed E-state index contributed by atoms with van der Waals surface area (Å²) in [6, 6.07) is 4.04. The Morgan fingerprint density at radius 2 is 1.95 bits per heavy atom. The normalized spacial score (nSPS) is 12.4. The summed E-state index contributed by atoms with van der Waals surface area (Å²) in [5, 5.41) is 0. The Bertz CT molecular complexity index is 641. The first-order valence-electron chi connectivity index (χ1n) is 5.82. The van der Waals surface area contributed by atoms with Crippen molar-refractivity contribution < 1.29 is 18.0 Å². The predicted octanol–water partition coefficient (Wildman–Crippen LogP) is 3.67. The molecule has 0 spiro atoms. The van der Waals surface area contributed by atoms with Crippen molar-refractivity contribution in [3.05, 3.63) is 29.6 Å². The van der Waals surface area contributed by atoms with Gasteiger partial charge in [0.2, 0.25) is 0 Å². The van der Waals surface area contributed by atoms with Crippen LogP contribution in [0.5, 0.6) is 0 Å². The fourth-order valence-corrected chi connectivity index (χ4v) is 2.18. The zero-order valence-electron chi connectivity index (χ0n) is 10.7. The number of imidazole rings is 1. The molecule has 0 fully saturated rings. The molecule has 19 heavy (non-hydrogen) atoms. The number of nitrogens with zero attached hydrogens (tertiary/aromatic N) is 2. The van der Waals surface area contributed by atoms with E-state index in [1.165, 1.54) is 18.2 Å². The zero-order valence-corrected chi connectivity index (χ0v) is 10.7. The number of benzene rings is 1. The number of carbonyl (C=O) groups excluding carboxylic acids is 1. The van der Waals surface area contributed by atoms with E-state index in [0.29, 0.717) is 11.3 Å². The predicted molar refractivity (Wildman–Crippen MR) is 65.2 cm³/mol. The molecule has 0 saturated heterocycles. The molecule has 0 aliphatic rings. The minimum Gasteiger partial charge on any atom is -0.326 e. The first-order chi connectivity index (χ1) is 8.71. The minimum absolute atomic E-state index is 0.147. The van der Waals surface area contributed by atoms with E-state index in [-0.39, 0.29) is 11.6 Å². The molecule has 0 radical (unpaired) electrons. The van der Waals surface area contributed by atoms with Gasteiger partial charge in [0.25, 0.3) is 5.78 Å². The highest BCUT2D eigenvalue weighted by Crippen LogP contribution is 2.26. The van der Waals surface area contributed by atoms with Crippen molar-refractivity contribution >= 4 is 16.8 Å². The molecule has 6 heteroatoms. The van der Waals surface area contributed by atoms with Crippen molar-refractivity contribution in [1.29, 1.82) is 0 Å². The molecule has 0 aliphatic heterocycles. The molecule has 0 N–H and O–H groups in total. The summed E-state index contributed by atoms with van der Waals surface area (Å²) in [4.78, 5) is 15.4. The van der Waals surface area contributed by atoms with Crippen LogP contribution in [0.25, 0.3) is 11.0 Å². The standard InChI is InChI=1S/C13H13F3N2O/c1-7(2)18-8(3)17-10-6-9(4-5-11(10)18)12(19)13(14,15)16/h4-7H,1-3H3. The number of ketones is 1. The van der Waals surface area contributed by atoms with Crippen LogP contribution in [0, 0.1) is 6.92 Å². The Morgan fingerprint density at radius 1 is 1.32 bits per heavy atom. The summed E-state index contributed by atoms with van der Waals surface area (Å²) in [7, 11) is 0. The van der Waals surface area contributed by atoms with Crippen LogP contribution >= 0.6 is 0 Å². The quantitative estimate of drug-likeness (QED) is 0.780. The number of alkyl halides is 3. The maximum atomic E-state index is 12.4. The van der Waals surface area contributed by atoms with Gasteiger partial charge in [-0.3, -0.25) is 4.79 Å². The Kier molecular flexibility index (Phi) is 3.12. The Labute approximate surface area is 108 Å². The first-order valence-corrected chi connectivity index (χ1v) is 5.82.